The zero-order valence-electron chi connectivity index (χ0n) is 14.7. The van der Waals surface area contributed by atoms with Gasteiger partial charge in [-0.2, -0.15) is 0 Å². The fourth-order valence-corrected chi connectivity index (χ4v) is 2.62. The van der Waals surface area contributed by atoms with Crippen LogP contribution < -0.4 is 14.8 Å². The summed E-state index contributed by atoms with van der Waals surface area (Å²) in [5.74, 6) is 1.26. The van der Waals surface area contributed by atoms with Crippen molar-refractivity contribution in [2.75, 3.05) is 14.2 Å². The summed E-state index contributed by atoms with van der Waals surface area (Å²) in [6, 6.07) is 5.64. The maximum atomic E-state index is 12.3. The molecule has 5 heteroatoms. The molecule has 0 aliphatic heterocycles. The van der Waals surface area contributed by atoms with Gasteiger partial charge >= 0.3 is 0 Å². The lowest BCUT2D eigenvalue weighted by Gasteiger charge is -2.12. The number of carbonyl (C=O) groups is 1. The Kier molecular flexibility index (Phi) is 6.18. The molecule has 1 aromatic carbocycles. The molecule has 1 N–H and O–H groups in total. The highest BCUT2D eigenvalue weighted by Gasteiger charge is 2.11. The Morgan fingerprint density at radius 3 is 2.54 bits per heavy atom. The fourth-order valence-electron chi connectivity index (χ4n) is 2.62. The lowest BCUT2D eigenvalue weighted by atomic mass is 10.1. The average Bonchev–Trinajstić information content (AvgIpc) is 2.62. The van der Waals surface area contributed by atoms with E-state index in [1.165, 1.54) is 0 Å². The zero-order chi connectivity index (χ0) is 17.5. The predicted molar refractivity (Wildman–Crippen MR) is 95.4 cm³/mol. The van der Waals surface area contributed by atoms with E-state index >= 15 is 0 Å². The predicted octanol–water partition coefficient (Wildman–Crippen LogP) is 3.61. The second-order valence-electron chi connectivity index (χ2n) is 5.37. The van der Waals surface area contributed by atoms with Gasteiger partial charge in [0.25, 0.3) is 0 Å². The van der Waals surface area contributed by atoms with Crippen molar-refractivity contribution >= 4 is 16.8 Å². The van der Waals surface area contributed by atoms with E-state index in [1.54, 1.807) is 20.4 Å². The van der Waals surface area contributed by atoms with E-state index < -0.39 is 0 Å². The fraction of sp³-hybridized carbons (Fsp3) is 0.368. The summed E-state index contributed by atoms with van der Waals surface area (Å²) in [4.78, 5) is 16.6. The van der Waals surface area contributed by atoms with Crippen LogP contribution >= 0.6 is 0 Å². The molecule has 0 aliphatic rings. The third-order valence-corrected chi connectivity index (χ3v) is 3.90. The number of hydrogen-bond donors (Lipinski definition) is 1. The summed E-state index contributed by atoms with van der Waals surface area (Å²) >= 11 is 0. The molecule has 1 aromatic heterocycles. The molecular weight excluding hydrogens is 304 g/mol. The van der Waals surface area contributed by atoms with Crippen molar-refractivity contribution in [3.8, 4) is 11.5 Å². The molecule has 0 saturated carbocycles. The van der Waals surface area contributed by atoms with Crippen LogP contribution in [-0.2, 0) is 11.3 Å². The number of aromatic nitrogens is 1. The van der Waals surface area contributed by atoms with Gasteiger partial charge in [-0.25, -0.2) is 0 Å². The number of rotatable bonds is 7. The minimum Gasteiger partial charge on any atom is -0.493 e. The molecule has 0 atom stereocenters. The molecule has 1 amide bonds. The summed E-state index contributed by atoms with van der Waals surface area (Å²) in [6.45, 7) is 4.45. The van der Waals surface area contributed by atoms with Crippen molar-refractivity contribution in [3.63, 3.8) is 0 Å². The number of methoxy groups -OCH3 is 2. The number of carbonyl (C=O) groups excluding carboxylic acids is 1. The van der Waals surface area contributed by atoms with Crippen LogP contribution in [0.2, 0.25) is 0 Å². The van der Waals surface area contributed by atoms with Gasteiger partial charge in [0.2, 0.25) is 5.91 Å². The van der Waals surface area contributed by atoms with E-state index in [0.29, 0.717) is 18.0 Å². The van der Waals surface area contributed by atoms with Gasteiger partial charge in [-0.1, -0.05) is 19.9 Å². The summed E-state index contributed by atoms with van der Waals surface area (Å²) in [7, 11) is 3.20. The molecular formula is C19H24N2O3. The molecule has 0 aliphatic carbocycles. The van der Waals surface area contributed by atoms with Crippen molar-refractivity contribution in [3.05, 3.63) is 41.6 Å². The number of allylic oxidation sites excluding steroid dienone is 1. The van der Waals surface area contributed by atoms with Crippen LogP contribution in [0.25, 0.3) is 10.9 Å². The van der Waals surface area contributed by atoms with Crippen molar-refractivity contribution in [1.29, 1.82) is 0 Å². The highest BCUT2D eigenvalue weighted by Crippen LogP contribution is 2.32. The SMILES string of the molecule is CC/C=C(\CC)C(=O)NCc1ccnc2cc(OC)c(OC)cc12. The monoisotopic (exact) mass is 328 g/mol. The Morgan fingerprint density at radius 2 is 1.92 bits per heavy atom. The van der Waals surface area contributed by atoms with Gasteiger partial charge in [-0.05, 0) is 30.5 Å². The summed E-state index contributed by atoms with van der Waals surface area (Å²) in [6.07, 6.45) is 5.28. The van der Waals surface area contributed by atoms with Crippen LogP contribution in [0.15, 0.2) is 36.0 Å². The zero-order valence-corrected chi connectivity index (χ0v) is 14.7. The first kappa shape index (κ1) is 17.8. The number of amides is 1. The van der Waals surface area contributed by atoms with E-state index in [4.69, 9.17) is 9.47 Å². The highest BCUT2D eigenvalue weighted by molar-refractivity contribution is 5.93. The molecule has 2 rings (SSSR count). The number of nitrogens with one attached hydrogen (secondary N) is 1. The number of pyridine rings is 1. The normalized spacial score (nSPS) is 11.4. The Labute approximate surface area is 142 Å². The summed E-state index contributed by atoms with van der Waals surface area (Å²) in [5, 5.41) is 3.92. The summed E-state index contributed by atoms with van der Waals surface area (Å²) in [5.41, 5.74) is 2.61. The number of nitrogens with zero attached hydrogens (tertiary/aromatic N) is 1. The van der Waals surface area contributed by atoms with Crippen molar-refractivity contribution in [2.45, 2.75) is 33.2 Å². The van der Waals surface area contributed by atoms with Crippen LogP contribution in [0.3, 0.4) is 0 Å². The molecule has 0 unspecified atom stereocenters. The number of ether oxygens (including phenoxy) is 2. The van der Waals surface area contributed by atoms with Crippen molar-refractivity contribution in [1.82, 2.24) is 10.3 Å². The number of benzene rings is 1. The Morgan fingerprint density at radius 1 is 1.21 bits per heavy atom. The highest BCUT2D eigenvalue weighted by atomic mass is 16.5. The molecule has 5 nitrogen and oxygen atoms in total. The molecule has 0 radical (unpaired) electrons. The van der Waals surface area contributed by atoms with Crippen LogP contribution in [0.4, 0.5) is 0 Å². The largest absolute Gasteiger partial charge is 0.493 e. The molecule has 0 fully saturated rings. The Hall–Kier alpha value is -2.56. The quantitative estimate of drug-likeness (QED) is 0.789. The second-order valence-corrected chi connectivity index (χ2v) is 5.37. The molecule has 128 valence electrons. The topological polar surface area (TPSA) is 60.5 Å². The van der Waals surface area contributed by atoms with E-state index in [2.05, 4.69) is 10.3 Å². The minimum atomic E-state index is -0.0233. The maximum absolute atomic E-state index is 12.3. The third kappa shape index (κ3) is 3.85. The van der Waals surface area contributed by atoms with Crippen LogP contribution in [-0.4, -0.2) is 25.1 Å². The molecule has 0 spiro atoms. The number of fused-ring (bicyclic) bond motifs is 1. The smallest absolute Gasteiger partial charge is 0.247 e. The van der Waals surface area contributed by atoms with E-state index in [0.717, 1.165) is 34.9 Å². The molecule has 1 heterocycles. The van der Waals surface area contributed by atoms with Gasteiger partial charge in [0, 0.05) is 29.8 Å². The number of hydrogen-bond acceptors (Lipinski definition) is 4. The molecule has 24 heavy (non-hydrogen) atoms. The van der Waals surface area contributed by atoms with Gasteiger partial charge in [-0.3, -0.25) is 9.78 Å². The molecule has 0 bridgehead atoms. The Bertz CT molecular complexity index is 754. The standard InChI is InChI=1S/C19H24N2O3/c1-5-7-13(6-2)19(22)21-12-14-8-9-20-16-11-18(24-4)17(23-3)10-15(14)16/h7-11H,5-6,12H2,1-4H3,(H,21,22)/b13-7+. The lowest BCUT2D eigenvalue weighted by molar-refractivity contribution is -0.117. The van der Waals surface area contributed by atoms with E-state index in [-0.39, 0.29) is 5.91 Å². The van der Waals surface area contributed by atoms with Crippen LogP contribution in [0, 0.1) is 0 Å². The minimum absolute atomic E-state index is 0.0233. The Balaban J connectivity index is 2.29. The third-order valence-electron chi connectivity index (χ3n) is 3.90. The molecule has 0 saturated heterocycles. The van der Waals surface area contributed by atoms with Gasteiger partial charge in [0.15, 0.2) is 11.5 Å². The van der Waals surface area contributed by atoms with Gasteiger partial charge in [0.1, 0.15) is 0 Å². The van der Waals surface area contributed by atoms with E-state index in [9.17, 15) is 4.79 Å². The van der Waals surface area contributed by atoms with Gasteiger partial charge in [0.05, 0.1) is 19.7 Å². The average molecular weight is 328 g/mol. The summed E-state index contributed by atoms with van der Waals surface area (Å²) < 4.78 is 10.7. The first-order valence-corrected chi connectivity index (χ1v) is 8.11. The van der Waals surface area contributed by atoms with Crippen LogP contribution in [0.5, 0.6) is 11.5 Å². The van der Waals surface area contributed by atoms with Crippen LogP contribution in [0.1, 0.15) is 32.3 Å². The maximum Gasteiger partial charge on any atom is 0.247 e. The molecule has 2 aromatic rings. The van der Waals surface area contributed by atoms with Gasteiger partial charge < -0.3 is 14.8 Å². The second kappa shape index (κ2) is 8.34. The van der Waals surface area contributed by atoms with Crippen molar-refractivity contribution < 1.29 is 14.3 Å². The van der Waals surface area contributed by atoms with Crippen molar-refractivity contribution in [2.24, 2.45) is 0 Å². The lowest BCUT2D eigenvalue weighted by Crippen LogP contribution is -2.24. The first-order chi connectivity index (χ1) is 11.6. The van der Waals surface area contributed by atoms with E-state index in [1.807, 2.05) is 38.1 Å². The van der Waals surface area contributed by atoms with Gasteiger partial charge in [-0.15, -0.1) is 0 Å². The first-order valence-electron chi connectivity index (χ1n) is 8.11.